The molecule has 0 saturated heterocycles. The third-order valence-electron chi connectivity index (χ3n) is 5.08. The Bertz CT molecular complexity index is 831. The molecule has 1 aromatic heterocycles. The number of nitrogens with zero attached hydrogens (tertiary/aromatic N) is 1. The molecule has 3 N–H and O–H groups in total. The fourth-order valence-electron chi connectivity index (χ4n) is 3.27. The Morgan fingerprint density at radius 2 is 1.94 bits per heavy atom. The molecule has 0 saturated carbocycles. The average molecular weight is 465 g/mol. The van der Waals surface area contributed by atoms with Gasteiger partial charge in [0, 0.05) is 32.5 Å². The molecular formula is C22H32N4O7. The Hall–Kier alpha value is -3.05. The van der Waals surface area contributed by atoms with E-state index in [1.54, 1.807) is 39.4 Å². The van der Waals surface area contributed by atoms with Gasteiger partial charge in [-0.3, -0.25) is 19.4 Å². The van der Waals surface area contributed by atoms with E-state index in [1.165, 1.54) is 0 Å². The summed E-state index contributed by atoms with van der Waals surface area (Å²) < 4.78 is 15.1. The average Bonchev–Trinajstić information content (AvgIpc) is 2.84. The Morgan fingerprint density at radius 1 is 1.18 bits per heavy atom. The number of methoxy groups -OCH3 is 1. The number of hydrogen-bond donors (Lipinski definition) is 3. The second-order valence-corrected chi connectivity index (χ2v) is 7.89. The predicted octanol–water partition coefficient (Wildman–Crippen LogP) is -0.236. The zero-order valence-electron chi connectivity index (χ0n) is 19.2. The number of amides is 3. The quantitative estimate of drug-likeness (QED) is 0.318. The van der Waals surface area contributed by atoms with E-state index in [1.807, 2.05) is 0 Å². The molecule has 33 heavy (non-hydrogen) atoms. The van der Waals surface area contributed by atoms with Crippen LogP contribution < -0.4 is 16.0 Å². The number of pyridine rings is 1. The second kappa shape index (κ2) is 13.5. The lowest BCUT2D eigenvalue weighted by atomic mass is 9.97. The number of nitrogens with one attached hydrogen (secondary N) is 3. The maximum Gasteiger partial charge on any atom is 0.407 e. The van der Waals surface area contributed by atoms with Gasteiger partial charge in [0.1, 0.15) is 18.7 Å². The van der Waals surface area contributed by atoms with Crippen molar-refractivity contribution in [2.45, 2.75) is 38.8 Å². The van der Waals surface area contributed by atoms with Crippen LogP contribution in [0.1, 0.15) is 25.0 Å². The van der Waals surface area contributed by atoms with Crippen LogP contribution in [0.4, 0.5) is 4.79 Å². The topological polar surface area (TPSA) is 145 Å². The third-order valence-corrected chi connectivity index (χ3v) is 5.08. The largest absolute Gasteiger partial charge is 0.447 e. The van der Waals surface area contributed by atoms with E-state index in [-0.39, 0.29) is 25.6 Å². The summed E-state index contributed by atoms with van der Waals surface area (Å²) in [5.74, 6) is -2.39. The van der Waals surface area contributed by atoms with Crippen LogP contribution in [0, 0.1) is 5.92 Å². The van der Waals surface area contributed by atoms with Crippen molar-refractivity contribution >= 4 is 23.7 Å². The summed E-state index contributed by atoms with van der Waals surface area (Å²) in [4.78, 5) is 54.1. The summed E-state index contributed by atoms with van der Waals surface area (Å²) in [6.45, 7) is 4.79. The minimum absolute atomic E-state index is 0.00802. The van der Waals surface area contributed by atoms with Gasteiger partial charge in [-0.05, 0) is 29.5 Å². The first-order valence-electron chi connectivity index (χ1n) is 10.9. The number of hydrogen-bond acceptors (Lipinski definition) is 8. The molecule has 3 amide bonds. The molecule has 11 heteroatoms. The smallest absolute Gasteiger partial charge is 0.407 e. The summed E-state index contributed by atoms with van der Waals surface area (Å²) in [5.41, 5.74) is 1.71. The van der Waals surface area contributed by atoms with Gasteiger partial charge in [-0.1, -0.05) is 13.8 Å². The Labute approximate surface area is 192 Å². The third kappa shape index (κ3) is 8.43. The van der Waals surface area contributed by atoms with Crippen molar-refractivity contribution in [3.8, 4) is 0 Å². The molecule has 11 nitrogen and oxygen atoms in total. The van der Waals surface area contributed by atoms with Crippen molar-refractivity contribution in [1.82, 2.24) is 20.9 Å². The van der Waals surface area contributed by atoms with Gasteiger partial charge in [0.2, 0.25) is 11.7 Å². The molecular weight excluding hydrogens is 432 g/mol. The van der Waals surface area contributed by atoms with Crippen molar-refractivity contribution in [3.05, 3.63) is 29.6 Å². The molecule has 2 atom stereocenters. The van der Waals surface area contributed by atoms with E-state index < -0.39 is 35.8 Å². The first kappa shape index (κ1) is 26.2. The normalized spacial score (nSPS) is 17.2. The first-order valence-corrected chi connectivity index (χ1v) is 10.9. The Kier molecular flexibility index (Phi) is 10.7. The molecule has 2 heterocycles. The number of aromatic nitrogens is 1. The zero-order valence-corrected chi connectivity index (χ0v) is 19.2. The molecule has 2 unspecified atom stereocenters. The second-order valence-electron chi connectivity index (χ2n) is 7.89. The van der Waals surface area contributed by atoms with Crippen LogP contribution in [-0.2, 0) is 41.4 Å². The highest BCUT2D eigenvalue weighted by Crippen LogP contribution is 2.13. The Morgan fingerprint density at radius 3 is 2.67 bits per heavy atom. The first-order chi connectivity index (χ1) is 15.8. The summed E-state index contributed by atoms with van der Waals surface area (Å²) in [5, 5.41) is 7.72. The van der Waals surface area contributed by atoms with Crippen molar-refractivity contribution in [2.24, 2.45) is 5.92 Å². The van der Waals surface area contributed by atoms with Crippen molar-refractivity contribution in [3.63, 3.8) is 0 Å². The number of ketones is 1. The lowest BCUT2D eigenvalue weighted by molar-refractivity contribution is -0.140. The molecule has 0 aliphatic carbocycles. The lowest BCUT2D eigenvalue weighted by Crippen LogP contribution is -2.56. The van der Waals surface area contributed by atoms with Crippen LogP contribution in [0.2, 0.25) is 0 Å². The maximum atomic E-state index is 13.0. The predicted molar refractivity (Wildman–Crippen MR) is 117 cm³/mol. The molecule has 182 valence electrons. The summed E-state index contributed by atoms with van der Waals surface area (Å²) in [6.07, 6.45) is 3.17. The number of Topliss-reactive ketones (excluding diaryl/α,β-unsaturated/α-hetero) is 1. The van der Waals surface area contributed by atoms with Gasteiger partial charge in [0.25, 0.3) is 5.91 Å². The van der Waals surface area contributed by atoms with E-state index in [0.717, 1.165) is 11.1 Å². The molecule has 0 bridgehead atoms. The van der Waals surface area contributed by atoms with Crippen LogP contribution in [0.3, 0.4) is 0 Å². The van der Waals surface area contributed by atoms with Gasteiger partial charge in [0.15, 0.2) is 0 Å². The molecule has 0 aromatic carbocycles. The number of carbonyl (C=O) groups excluding carboxylic acids is 4. The van der Waals surface area contributed by atoms with Crippen LogP contribution >= 0.6 is 0 Å². The van der Waals surface area contributed by atoms with E-state index >= 15 is 0 Å². The van der Waals surface area contributed by atoms with Gasteiger partial charge in [-0.2, -0.15) is 0 Å². The van der Waals surface area contributed by atoms with Gasteiger partial charge in [-0.15, -0.1) is 0 Å². The standard InChI is InChI=1S/C22H32N4O7/c1-14(2)18(26-22(30)33-11-10-32-9-8-31-3)20(28)25-17-12-15-4-6-23-13-16(15)5-7-24-21(29)19(17)27/h4,6,13-14,17-18H,5,7-12H2,1-3H3,(H,24,29)(H,25,28)(H,26,30). The van der Waals surface area contributed by atoms with E-state index in [4.69, 9.17) is 14.2 Å². The van der Waals surface area contributed by atoms with E-state index in [9.17, 15) is 19.2 Å². The minimum Gasteiger partial charge on any atom is -0.447 e. The highest BCUT2D eigenvalue weighted by atomic mass is 16.6. The number of fused-ring (bicyclic) bond motifs is 1. The minimum atomic E-state index is -1.08. The summed E-state index contributed by atoms with van der Waals surface area (Å²) >= 11 is 0. The summed E-state index contributed by atoms with van der Waals surface area (Å²) in [7, 11) is 1.55. The summed E-state index contributed by atoms with van der Waals surface area (Å²) in [6, 6.07) is -0.278. The van der Waals surface area contributed by atoms with Crippen molar-refractivity contribution in [2.75, 3.05) is 40.1 Å². The monoisotopic (exact) mass is 464 g/mol. The fourth-order valence-corrected chi connectivity index (χ4v) is 3.27. The molecule has 1 aromatic rings. The van der Waals surface area contributed by atoms with E-state index in [0.29, 0.717) is 26.2 Å². The van der Waals surface area contributed by atoms with Crippen LogP contribution in [0.15, 0.2) is 18.5 Å². The molecule has 1 aliphatic heterocycles. The number of rotatable bonds is 10. The lowest BCUT2D eigenvalue weighted by Gasteiger charge is -2.24. The molecule has 0 radical (unpaired) electrons. The number of ether oxygens (including phenoxy) is 3. The van der Waals surface area contributed by atoms with Gasteiger partial charge < -0.3 is 30.2 Å². The van der Waals surface area contributed by atoms with Gasteiger partial charge in [-0.25, -0.2) is 4.79 Å². The highest BCUT2D eigenvalue weighted by molar-refractivity contribution is 6.38. The van der Waals surface area contributed by atoms with Crippen molar-refractivity contribution in [1.29, 1.82) is 0 Å². The van der Waals surface area contributed by atoms with Gasteiger partial charge in [0.05, 0.1) is 19.8 Å². The molecule has 2 rings (SSSR count). The molecule has 1 aliphatic rings. The molecule has 0 fully saturated rings. The van der Waals surface area contributed by atoms with Gasteiger partial charge >= 0.3 is 6.09 Å². The Balaban J connectivity index is 2.01. The van der Waals surface area contributed by atoms with Crippen LogP contribution in [0.25, 0.3) is 0 Å². The van der Waals surface area contributed by atoms with Crippen LogP contribution in [0.5, 0.6) is 0 Å². The van der Waals surface area contributed by atoms with Crippen LogP contribution in [-0.4, -0.2) is 80.8 Å². The maximum absolute atomic E-state index is 13.0. The van der Waals surface area contributed by atoms with E-state index in [2.05, 4.69) is 20.9 Å². The highest BCUT2D eigenvalue weighted by Gasteiger charge is 2.32. The molecule has 0 spiro atoms. The zero-order chi connectivity index (χ0) is 24.2. The number of alkyl carbamates (subject to hydrolysis) is 1. The van der Waals surface area contributed by atoms with Crippen molar-refractivity contribution < 1.29 is 33.4 Å². The number of carbonyl (C=O) groups is 4. The SMILES string of the molecule is COCCOCCOC(=O)NC(C(=O)NC1Cc2ccncc2CCNC(=O)C1=O)C(C)C. The fraction of sp³-hybridized carbons (Fsp3) is 0.591.